The number of nitrogens with zero attached hydrogens (tertiary/aromatic N) is 1. The van der Waals surface area contributed by atoms with Gasteiger partial charge in [0.2, 0.25) is 0 Å². The highest BCUT2D eigenvalue weighted by Gasteiger charge is 2.38. The predicted octanol–water partition coefficient (Wildman–Crippen LogP) is 3.94. The minimum Gasteiger partial charge on any atom is -0.373 e. The maximum atomic E-state index is 11.4. The van der Waals surface area contributed by atoms with Crippen LogP contribution in [-0.4, -0.2) is 35.8 Å². The molecule has 126 valence electrons. The molecule has 2 nitrogen and oxygen atoms in total. The van der Waals surface area contributed by atoms with E-state index in [2.05, 4.69) is 39.7 Å². The van der Waals surface area contributed by atoms with E-state index in [9.17, 15) is 5.11 Å². The van der Waals surface area contributed by atoms with Gasteiger partial charge in [0.1, 0.15) is 6.54 Å². The first-order chi connectivity index (χ1) is 10.9. The number of benzene rings is 1. The summed E-state index contributed by atoms with van der Waals surface area (Å²) < 4.78 is 0.919. The van der Waals surface area contributed by atoms with Crippen LogP contribution in [0.3, 0.4) is 0 Å². The molecule has 1 aliphatic carbocycles. The van der Waals surface area contributed by atoms with Gasteiger partial charge < -0.3 is 9.59 Å². The molecular formula is C21H32NO+. The van der Waals surface area contributed by atoms with Crippen molar-refractivity contribution < 1.29 is 9.59 Å². The third kappa shape index (κ3) is 3.97. The highest BCUT2D eigenvalue weighted by Crippen LogP contribution is 2.40. The first kappa shape index (κ1) is 18.0. The van der Waals surface area contributed by atoms with Crippen LogP contribution >= 0.6 is 0 Å². The first-order valence-corrected chi connectivity index (χ1v) is 9.04. The van der Waals surface area contributed by atoms with Gasteiger partial charge in [-0.15, -0.1) is 0 Å². The van der Waals surface area contributed by atoms with Crippen LogP contribution in [0.4, 0.5) is 0 Å². The molecule has 1 fully saturated rings. The Morgan fingerprint density at radius 3 is 2.35 bits per heavy atom. The number of hydrogen-bond acceptors (Lipinski definition) is 1. The Morgan fingerprint density at radius 1 is 1.22 bits per heavy atom. The Labute approximate surface area is 142 Å². The molecule has 23 heavy (non-hydrogen) atoms. The zero-order chi connectivity index (χ0) is 16.9. The minimum atomic E-state index is -0.993. The van der Waals surface area contributed by atoms with E-state index in [0.717, 1.165) is 36.0 Å². The lowest BCUT2D eigenvalue weighted by atomic mass is 9.80. The van der Waals surface area contributed by atoms with Gasteiger partial charge in [0, 0.05) is 5.92 Å². The number of quaternary nitrogens is 1. The van der Waals surface area contributed by atoms with Gasteiger partial charge in [-0.2, -0.15) is 0 Å². The fraction of sp³-hybridized carbons (Fsp3) is 0.619. The topological polar surface area (TPSA) is 20.2 Å². The van der Waals surface area contributed by atoms with E-state index in [1.165, 1.54) is 12.8 Å². The standard InChI is InChI=1S/C21H32NO/c1-5-22(4,18(2)3)17-11-16-21(23,20-14-9-10-15-20)19-12-7-6-8-13-19/h6-8,12-13,18,20,23H,5,9-10,14-15,17H2,1-4H3/q+1. The molecule has 0 amide bonds. The summed E-state index contributed by atoms with van der Waals surface area (Å²) in [5, 5.41) is 11.4. The molecule has 0 radical (unpaired) electrons. The SMILES string of the molecule is CC[N+](C)(CC#CC(O)(c1ccccc1)C1CCCC1)C(C)C. The first-order valence-electron chi connectivity index (χ1n) is 9.04. The summed E-state index contributed by atoms with van der Waals surface area (Å²) in [7, 11) is 2.25. The van der Waals surface area contributed by atoms with Gasteiger partial charge >= 0.3 is 0 Å². The van der Waals surface area contributed by atoms with Crippen molar-refractivity contribution in [2.45, 2.75) is 58.1 Å². The van der Waals surface area contributed by atoms with Gasteiger partial charge in [-0.1, -0.05) is 49.1 Å². The zero-order valence-electron chi connectivity index (χ0n) is 15.2. The average molecular weight is 314 g/mol. The van der Waals surface area contributed by atoms with Crippen molar-refractivity contribution >= 4 is 0 Å². The molecule has 1 aliphatic rings. The van der Waals surface area contributed by atoms with Crippen molar-refractivity contribution in [1.29, 1.82) is 0 Å². The fourth-order valence-corrected chi connectivity index (χ4v) is 3.46. The Kier molecular flexibility index (Phi) is 5.89. The smallest absolute Gasteiger partial charge is 0.153 e. The van der Waals surface area contributed by atoms with E-state index < -0.39 is 5.60 Å². The third-order valence-electron chi connectivity index (χ3n) is 5.85. The quantitative estimate of drug-likeness (QED) is 0.644. The highest BCUT2D eigenvalue weighted by molar-refractivity contribution is 5.33. The summed E-state index contributed by atoms with van der Waals surface area (Å²) in [6.45, 7) is 8.54. The van der Waals surface area contributed by atoms with Crippen LogP contribution in [0.5, 0.6) is 0 Å². The van der Waals surface area contributed by atoms with Crippen LogP contribution in [0.25, 0.3) is 0 Å². The Balaban J connectivity index is 2.28. The largest absolute Gasteiger partial charge is 0.373 e. The summed E-state index contributed by atoms with van der Waals surface area (Å²) in [6, 6.07) is 10.6. The van der Waals surface area contributed by atoms with E-state index >= 15 is 0 Å². The van der Waals surface area contributed by atoms with Crippen LogP contribution in [0.15, 0.2) is 30.3 Å². The third-order valence-corrected chi connectivity index (χ3v) is 5.85. The molecule has 2 rings (SSSR count). The molecule has 2 unspecified atom stereocenters. The maximum Gasteiger partial charge on any atom is 0.153 e. The van der Waals surface area contributed by atoms with Crippen LogP contribution in [0.2, 0.25) is 0 Å². The van der Waals surface area contributed by atoms with E-state index in [1.807, 2.05) is 30.3 Å². The van der Waals surface area contributed by atoms with Gasteiger partial charge in [0.05, 0.1) is 19.6 Å². The highest BCUT2D eigenvalue weighted by atomic mass is 16.3. The molecule has 0 bridgehead atoms. The lowest BCUT2D eigenvalue weighted by Gasteiger charge is -2.36. The second-order valence-electron chi connectivity index (χ2n) is 7.46. The van der Waals surface area contributed by atoms with Gasteiger partial charge in [0.15, 0.2) is 5.60 Å². The van der Waals surface area contributed by atoms with Crippen LogP contribution in [0, 0.1) is 17.8 Å². The number of aliphatic hydroxyl groups is 1. The molecule has 1 saturated carbocycles. The summed E-state index contributed by atoms with van der Waals surface area (Å²) in [4.78, 5) is 0. The molecule has 0 aromatic heterocycles. The van der Waals surface area contributed by atoms with Crippen LogP contribution in [0.1, 0.15) is 52.0 Å². The molecule has 0 aliphatic heterocycles. The molecule has 1 N–H and O–H groups in total. The molecular weight excluding hydrogens is 282 g/mol. The van der Waals surface area contributed by atoms with Crippen molar-refractivity contribution in [2.75, 3.05) is 20.1 Å². The van der Waals surface area contributed by atoms with Gasteiger partial charge in [0.25, 0.3) is 0 Å². The molecule has 0 saturated heterocycles. The number of hydrogen-bond donors (Lipinski definition) is 1. The monoisotopic (exact) mass is 314 g/mol. The summed E-state index contributed by atoms with van der Waals surface area (Å²) >= 11 is 0. The van der Waals surface area contributed by atoms with Gasteiger partial charge in [-0.05, 0) is 45.1 Å². The Hall–Kier alpha value is -1.30. The van der Waals surface area contributed by atoms with Gasteiger partial charge in [-0.3, -0.25) is 0 Å². The average Bonchev–Trinajstić information content (AvgIpc) is 3.10. The molecule has 1 aromatic carbocycles. The van der Waals surface area contributed by atoms with E-state index in [4.69, 9.17) is 0 Å². The fourth-order valence-electron chi connectivity index (χ4n) is 3.46. The molecule has 1 aromatic rings. The molecule has 2 atom stereocenters. The van der Waals surface area contributed by atoms with Gasteiger partial charge in [-0.25, -0.2) is 0 Å². The van der Waals surface area contributed by atoms with Crippen LogP contribution < -0.4 is 0 Å². The predicted molar refractivity (Wildman–Crippen MR) is 96.8 cm³/mol. The van der Waals surface area contributed by atoms with E-state index in [0.29, 0.717) is 6.04 Å². The van der Waals surface area contributed by atoms with Crippen LogP contribution in [-0.2, 0) is 5.60 Å². The molecule has 0 heterocycles. The lowest BCUT2D eigenvalue weighted by molar-refractivity contribution is -0.921. The number of rotatable bonds is 5. The second kappa shape index (κ2) is 7.51. The van der Waals surface area contributed by atoms with Crippen molar-refractivity contribution in [2.24, 2.45) is 5.92 Å². The van der Waals surface area contributed by atoms with E-state index in [-0.39, 0.29) is 5.92 Å². The van der Waals surface area contributed by atoms with Crippen molar-refractivity contribution in [1.82, 2.24) is 0 Å². The molecule has 2 heteroatoms. The lowest BCUT2D eigenvalue weighted by Crippen LogP contribution is -2.49. The second-order valence-corrected chi connectivity index (χ2v) is 7.46. The molecule has 0 spiro atoms. The van der Waals surface area contributed by atoms with E-state index in [1.54, 1.807) is 0 Å². The maximum absolute atomic E-state index is 11.4. The summed E-state index contributed by atoms with van der Waals surface area (Å²) in [5.74, 6) is 6.90. The minimum absolute atomic E-state index is 0.261. The normalized spacial score (nSPS) is 20.6. The summed E-state index contributed by atoms with van der Waals surface area (Å²) in [5.41, 5.74) is -0.0394. The van der Waals surface area contributed by atoms with Crippen molar-refractivity contribution in [3.63, 3.8) is 0 Å². The van der Waals surface area contributed by atoms with Crippen molar-refractivity contribution in [3.05, 3.63) is 35.9 Å². The van der Waals surface area contributed by atoms with Crippen molar-refractivity contribution in [3.8, 4) is 11.8 Å². The zero-order valence-corrected chi connectivity index (χ0v) is 15.2. The summed E-state index contributed by atoms with van der Waals surface area (Å²) in [6.07, 6.45) is 4.56. The Morgan fingerprint density at radius 2 is 1.83 bits per heavy atom. The Bertz CT molecular complexity index is 550.